The molecular weight excluding hydrogens is 216 g/mol. The van der Waals surface area contributed by atoms with Crippen molar-refractivity contribution in [2.24, 2.45) is 0 Å². The van der Waals surface area contributed by atoms with Crippen LogP contribution in [0.5, 0.6) is 0 Å². The van der Waals surface area contributed by atoms with Crippen molar-refractivity contribution in [3.05, 3.63) is 58.7 Å². The molecule has 0 radical (unpaired) electrons. The third-order valence-electron chi connectivity index (χ3n) is 4.09. The fraction of sp³-hybridized carbons (Fsp3) is 0.222. The summed E-state index contributed by atoms with van der Waals surface area (Å²) in [6.45, 7) is 8.78. The van der Waals surface area contributed by atoms with Gasteiger partial charge < -0.3 is 0 Å². The van der Waals surface area contributed by atoms with Crippen molar-refractivity contribution >= 4 is 21.5 Å². The molecule has 0 saturated heterocycles. The minimum atomic E-state index is 1.32. The largest absolute Gasteiger partial charge is 0.0587 e. The van der Waals surface area contributed by atoms with E-state index in [9.17, 15) is 0 Å². The van der Waals surface area contributed by atoms with Gasteiger partial charge in [-0.25, -0.2) is 0 Å². The van der Waals surface area contributed by atoms with Crippen LogP contribution in [-0.4, -0.2) is 0 Å². The van der Waals surface area contributed by atoms with E-state index in [4.69, 9.17) is 0 Å². The number of benzene rings is 3. The van der Waals surface area contributed by atoms with Crippen molar-refractivity contribution in [2.45, 2.75) is 27.7 Å². The lowest BCUT2D eigenvalue weighted by Crippen LogP contribution is -1.89. The van der Waals surface area contributed by atoms with Gasteiger partial charge in [-0.15, -0.1) is 0 Å². The molecular formula is C18H18. The quantitative estimate of drug-likeness (QED) is 0.467. The van der Waals surface area contributed by atoms with Crippen LogP contribution in [0.2, 0.25) is 0 Å². The third-order valence-corrected chi connectivity index (χ3v) is 4.09. The van der Waals surface area contributed by atoms with Gasteiger partial charge in [-0.1, -0.05) is 29.8 Å². The summed E-state index contributed by atoms with van der Waals surface area (Å²) in [6, 6.07) is 13.6. The standard InChI is InChI=1S/C18H18/c1-11-5-6-15-10-18-14(4)13(3)12(2)8-17(18)9-16(15)7-11/h5-10H,1-4H3. The number of fused-ring (bicyclic) bond motifs is 2. The average molecular weight is 234 g/mol. The zero-order valence-electron chi connectivity index (χ0n) is 11.5. The highest BCUT2D eigenvalue weighted by Crippen LogP contribution is 2.29. The van der Waals surface area contributed by atoms with Crippen LogP contribution in [0.15, 0.2) is 36.4 Å². The normalized spacial score (nSPS) is 11.3. The first kappa shape index (κ1) is 11.3. The van der Waals surface area contributed by atoms with Gasteiger partial charge in [0.15, 0.2) is 0 Å². The Morgan fingerprint density at radius 2 is 1.39 bits per heavy atom. The highest BCUT2D eigenvalue weighted by molar-refractivity contribution is 6.00. The molecule has 0 heterocycles. The second-order valence-electron chi connectivity index (χ2n) is 5.37. The van der Waals surface area contributed by atoms with Gasteiger partial charge in [0, 0.05) is 0 Å². The van der Waals surface area contributed by atoms with Gasteiger partial charge in [0.2, 0.25) is 0 Å². The van der Waals surface area contributed by atoms with Gasteiger partial charge >= 0.3 is 0 Å². The van der Waals surface area contributed by atoms with E-state index >= 15 is 0 Å². The van der Waals surface area contributed by atoms with Crippen molar-refractivity contribution in [1.82, 2.24) is 0 Å². The Morgan fingerprint density at radius 1 is 0.611 bits per heavy atom. The molecule has 18 heavy (non-hydrogen) atoms. The van der Waals surface area contributed by atoms with Crippen molar-refractivity contribution < 1.29 is 0 Å². The molecule has 0 unspecified atom stereocenters. The Hall–Kier alpha value is -1.82. The molecule has 0 amide bonds. The van der Waals surface area contributed by atoms with Gasteiger partial charge in [-0.2, -0.15) is 0 Å². The molecule has 90 valence electrons. The summed E-state index contributed by atoms with van der Waals surface area (Å²) >= 11 is 0. The monoisotopic (exact) mass is 234 g/mol. The number of hydrogen-bond donors (Lipinski definition) is 0. The predicted molar refractivity (Wildman–Crippen MR) is 80.4 cm³/mol. The van der Waals surface area contributed by atoms with Gasteiger partial charge in [0.25, 0.3) is 0 Å². The molecule has 0 bridgehead atoms. The smallest absolute Gasteiger partial charge is 0.0146 e. The van der Waals surface area contributed by atoms with Gasteiger partial charge in [-0.05, 0) is 78.1 Å². The van der Waals surface area contributed by atoms with E-state index in [2.05, 4.69) is 64.1 Å². The Bertz CT molecular complexity index is 764. The molecule has 0 spiro atoms. The van der Waals surface area contributed by atoms with E-state index in [0.717, 1.165) is 0 Å². The lowest BCUT2D eigenvalue weighted by atomic mass is 9.94. The summed E-state index contributed by atoms with van der Waals surface area (Å²) in [6.07, 6.45) is 0. The first-order chi connectivity index (χ1) is 8.56. The molecule has 0 heteroatoms. The molecule has 0 aliphatic heterocycles. The summed E-state index contributed by atoms with van der Waals surface area (Å²) < 4.78 is 0. The second kappa shape index (κ2) is 3.84. The minimum absolute atomic E-state index is 1.32. The van der Waals surface area contributed by atoms with Gasteiger partial charge in [-0.3, -0.25) is 0 Å². The number of rotatable bonds is 0. The van der Waals surface area contributed by atoms with Gasteiger partial charge in [0.05, 0.1) is 0 Å². The molecule has 0 saturated carbocycles. The maximum Gasteiger partial charge on any atom is -0.0146 e. The maximum absolute atomic E-state index is 2.33. The third kappa shape index (κ3) is 1.60. The minimum Gasteiger partial charge on any atom is -0.0587 e. The van der Waals surface area contributed by atoms with Crippen LogP contribution in [0.3, 0.4) is 0 Å². The fourth-order valence-corrected chi connectivity index (χ4v) is 2.72. The van der Waals surface area contributed by atoms with Crippen LogP contribution in [-0.2, 0) is 0 Å². The van der Waals surface area contributed by atoms with Crippen molar-refractivity contribution in [3.63, 3.8) is 0 Å². The Kier molecular flexibility index (Phi) is 2.41. The lowest BCUT2D eigenvalue weighted by Gasteiger charge is -2.11. The van der Waals surface area contributed by atoms with Crippen LogP contribution < -0.4 is 0 Å². The van der Waals surface area contributed by atoms with Crippen molar-refractivity contribution in [1.29, 1.82) is 0 Å². The summed E-state index contributed by atoms with van der Waals surface area (Å²) in [5.74, 6) is 0. The van der Waals surface area contributed by atoms with E-state index in [1.54, 1.807) is 0 Å². The van der Waals surface area contributed by atoms with Crippen LogP contribution in [0.25, 0.3) is 21.5 Å². The molecule has 3 aromatic carbocycles. The molecule has 0 N–H and O–H groups in total. The molecule has 0 nitrogen and oxygen atoms in total. The molecule has 0 atom stereocenters. The van der Waals surface area contributed by atoms with E-state index in [1.165, 1.54) is 43.8 Å². The maximum atomic E-state index is 2.33. The molecule has 0 aliphatic rings. The van der Waals surface area contributed by atoms with Crippen LogP contribution >= 0.6 is 0 Å². The summed E-state index contributed by atoms with van der Waals surface area (Å²) in [5.41, 5.74) is 5.52. The zero-order chi connectivity index (χ0) is 12.9. The van der Waals surface area contributed by atoms with E-state index in [0.29, 0.717) is 0 Å². The zero-order valence-corrected chi connectivity index (χ0v) is 11.5. The molecule has 3 aromatic rings. The first-order valence-corrected chi connectivity index (χ1v) is 6.47. The van der Waals surface area contributed by atoms with E-state index in [1.807, 2.05) is 0 Å². The predicted octanol–water partition coefficient (Wildman–Crippen LogP) is 5.23. The number of aryl methyl sites for hydroxylation is 3. The second-order valence-corrected chi connectivity index (χ2v) is 5.37. The van der Waals surface area contributed by atoms with Gasteiger partial charge in [0.1, 0.15) is 0 Å². The average Bonchev–Trinajstić information content (AvgIpc) is 2.34. The summed E-state index contributed by atoms with van der Waals surface area (Å²) in [5, 5.41) is 5.41. The Balaban J connectivity index is 2.49. The van der Waals surface area contributed by atoms with Crippen LogP contribution in [0.4, 0.5) is 0 Å². The molecule has 3 rings (SSSR count). The summed E-state index contributed by atoms with van der Waals surface area (Å²) in [4.78, 5) is 0. The van der Waals surface area contributed by atoms with E-state index < -0.39 is 0 Å². The lowest BCUT2D eigenvalue weighted by molar-refractivity contribution is 1.30. The highest BCUT2D eigenvalue weighted by Gasteiger charge is 2.05. The summed E-state index contributed by atoms with van der Waals surface area (Å²) in [7, 11) is 0. The fourth-order valence-electron chi connectivity index (χ4n) is 2.72. The molecule has 0 aromatic heterocycles. The Morgan fingerprint density at radius 3 is 2.17 bits per heavy atom. The van der Waals surface area contributed by atoms with Crippen LogP contribution in [0.1, 0.15) is 22.3 Å². The molecule has 0 aliphatic carbocycles. The van der Waals surface area contributed by atoms with E-state index in [-0.39, 0.29) is 0 Å². The molecule has 0 fully saturated rings. The van der Waals surface area contributed by atoms with Crippen molar-refractivity contribution in [3.8, 4) is 0 Å². The topological polar surface area (TPSA) is 0 Å². The Labute approximate surface area is 108 Å². The first-order valence-electron chi connectivity index (χ1n) is 6.47. The SMILES string of the molecule is Cc1ccc2cc3c(C)c(C)c(C)cc3cc2c1. The number of hydrogen-bond acceptors (Lipinski definition) is 0. The van der Waals surface area contributed by atoms with Crippen LogP contribution in [0, 0.1) is 27.7 Å². The van der Waals surface area contributed by atoms with Crippen molar-refractivity contribution in [2.75, 3.05) is 0 Å². The highest BCUT2D eigenvalue weighted by atomic mass is 14.1.